The number of aromatic nitrogens is 1. The van der Waals surface area contributed by atoms with Crippen LogP contribution in [0, 0.1) is 5.92 Å². The standard InChI is InChI=1S/C16H27N3/c1-4-17-13(2)15-10-7-11-18-16(15)19(3)12-14-8-5-6-9-14/h7,10-11,13-14,17H,4-6,8-9,12H2,1-3H3. The maximum atomic E-state index is 4.61. The Kier molecular flexibility index (Phi) is 5.20. The van der Waals surface area contributed by atoms with E-state index in [0.29, 0.717) is 6.04 Å². The summed E-state index contributed by atoms with van der Waals surface area (Å²) < 4.78 is 0. The van der Waals surface area contributed by atoms with E-state index in [2.05, 4.69) is 42.2 Å². The van der Waals surface area contributed by atoms with Gasteiger partial charge in [0.1, 0.15) is 5.82 Å². The van der Waals surface area contributed by atoms with Gasteiger partial charge in [-0.05, 0) is 38.3 Å². The summed E-state index contributed by atoms with van der Waals surface area (Å²) in [6.45, 7) is 6.49. The van der Waals surface area contributed by atoms with E-state index in [-0.39, 0.29) is 0 Å². The minimum absolute atomic E-state index is 0.361. The van der Waals surface area contributed by atoms with Crippen molar-refractivity contribution in [3.8, 4) is 0 Å². The van der Waals surface area contributed by atoms with Gasteiger partial charge in [0.2, 0.25) is 0 Å². The van der Waals surface area contributed by atoms with Gasteiger partial charge in [-0.15, -0.1) is 0 Å². The highest BCUT2D eigenvalue weighted by Gasteiger charge is 2.20. The summed E-state index contributed by atoms with van der Waals surface area (Å²) in [7, 11) is 2.18. The molecule has 2 rings (SSSR count). The van der Waals surface area contributed by atoms with Crippen molar-refractivity contribution >= 4 is 5.82 Å². The van der Waals surface area contributed by atoms with Crippen LogP contribution in [-0.4, -0.2) is 25.1 Å². The summed E-state index contributed by atoms with van der Waals surface area (Å²) in [6.07, 6.45) is 7.48. The predicted molar refractivity (Wildman–Crippen MR) is 81.6 cm³/mol. The number of nitrogens with one attached hydrogen (secondary N) is 1. The average Bonchev–Trinajstić information content (AvgIpc) is 2.92. The molecule has 0 radical (unpaired) electrons. The molecule has 1 saturated carbocycles. The average molecular weight is 261 g/mol. The SMILES string of the molecule is CCNC(C)c1cccnc1N(C)CC1CCCC1. The highest BCUT2D eigenvalue weighted by Crippen LogP contribution is 2.28. The van der Waals surface area contributed by atoms with Crippen LogP contribution in [0.1, 0.15) is 51.1 Å². The Hall–Kier alpha value is -1.09. The zero-order chi connectivity index (χ0) is 13.7. The lowest BCUT2D eigenvalue weighted by Gasteiger charge is -2.26. The predicted octanol–water partition coefficient (Wildman–Crippen LogP) is 3.38. The van der Waals surface area contributed by atoms with E-state index in [9.17, 15) is 0 Å². The van der Waals surface area contributed by atoms with Crippen molar-refractivity contribution in [1.29, 1.82) is 0 Å². The van der Waals surface area contributed by atoms with E-state index in [1.165, 1.54) is 31.2 Å². The Balaban J connectivity index is 2.09. The minimum atomic E-state index is 0.361. The van der Waals surface area contributed by atoms with Crippen molar-refractivity contribution in [3.63, 3.8) is 0 Å². The Morgan fingerprint density at radius 3 is 2.84 bits per heavy atom. The highest BCUT2D eigenvalue weighted by atomic mass is 15.2. The fourth-order valence-corrected chi connectivity index (χ4v) is 3.15. The molecule has 1 aliphatic rings. The molecule has 106 valence electrons. The van der Waals surface area contributed by atoms with Crippen LogP contribution in [0.15, 0.2) is 18.3 Å². The lowest BCUT2D eigenvalue weighted by Crippen LogP contribution is -2.28. The summed E-state index contributed by atoms with van der Waals surface area (Å²) in [5, 5.41) is 3.48. The molecule has 0 spiro atoms. The lowest BCUT2D eigenvalue weighted by molar-refractivity contribution is 0.539. The summed E-state index contributed by atoms with van der Waals surface area (Å²) in [4.78, 5) is 6.96. The van der Waals surface area contributed by atoms with Gasteiger partial charge in [0.15, 0.2) is 0 Å². The van der Waals surface area contributed by atoms with Crippen molar-refractivity contribution in [3.05, 3.63) is 23.9 Å². The zero-order valence-corrected chi connectivity index (χ0v) is 12.5. The molecule has 1 unspecified atom stereocenters. The fraction of sp³-hybridized carbons (Fsp3) is 0.688. The van der Waals surface area contributed by atoms with Crippen molar-refractivity contribution in [2.45, 2.75) is 45.6 Å². The third-order valence-corrected chi connectivity index (χ3v) is 4.16. The van der Waals surface area contributed by atoms with Gasteiger partial charge in [-0.1, -0.05) is 25.8 Å². The Morgan fingerprint density at radius 2 is 2.16 bits per heavy atom. The second kappa shape index (κ2) is 6.90. The molecular formula is C16H27N3. The van der Waals surface area contributed by atoms with Gasteiger partial charge in [0, 0.05) is 31.4 Å². The van der Waals surface area contributed by atoms with E-state index in [1.54, 1.807) is 0 Å². The fourth-order valence-electron chi connectivity index (χ4n) is 3.15. The first-order valence-electron chi connectivity index (χ1n) is 7.61. The Labute approximate surface area is 117 Å². The number of anilines is 1. The smallest absolute Gasteiger partial charge is 0.133 e. The molecule has 0 bridgehead atoms. The molecule has 0 aromatic carbocycles. The molecule has 1 aliphatic carbocycles. The molecule has 1 atom stereocenters. The van der Waals surface area contributed by atoms with E-state index < -0.39 is 0 Å². The summed E-state index contributed by atoms with van der Waals surface area (Å²) >= 11 is 0. The second-order valence-corrected chi connectivity index (χ2v) is 5.73. The molecule has 1 fully saturated rings. The number of hydrogen-bond donors (Lipinski definition) is 1. The minimum Gasteiger partial charge on any atom is -0.359 e. The maximum Gasteiger partial charge on any atom is 0.133 e. The van der Waals surface area contributed by atoms with Crippen LogP contribution in [0.5, 0.6) is 0 Å². The van der Waals surface area contributed by atoms with Crippen molar-refractivity contribution < 1.29 is 0 Å². The zero-order valence-electron chi connectivity index (χ0n) is 12.5. The first-order chi connectivity index (χ1) is 9.22. The second-order valence-electron chi connectivity index (χ2n) is 5.73. The molecule has 1 heterocycles. The molecule has 19 heavy (non-hydrogen) atoms. The molecule has 0 aliphatic heterocycles. The molecule has 3 heteroatoms. The summed E-state index contributed by atoms with van der Waals surface area (Å²) in [5.74, 6) is 2.00. The van der Waals surface area contributed by atoms with Crippen LogP contribution >= 0.6 is 0 Å². The van der Waals surface area contributed by atoms with Gasteiger partial charge in [-0.3, -0.25) is 0 Å². The van der Waals surface area contributed by atoms with E-state index in [0.717, 1.165) is 24.8 Å². The third kappa shape index (κ3) is 3.69. The molecule has 0 saturated heterocycles. The van der Waals surface area contributed by atoms with Crippen molar-refractivity contribution in [1.82, 2.24) is 10.3 Å². The first kappa shape index (κ1) is 14.3. The molecule has 3 nitrogen and oxygen atoms in total. The van der Waals surface area contributed by atoms with Crippen LogP contribution in [0.4, 0.5) is 5.82 Å². The highest BCUT2D eigenvalue weighted by molar-refractivity contribution is 5.47. The first-order valence-corrected chi connectivity index (χ1v) is 7.61. The Bertz CT molecular complexity index is 385. The van der Waals surface area contributed by atoms with Gasteiger partial charge < -0.3 is 10.2 Å². The summed E-state index contributed by atoms with van der Waals surface area (Å²) in [6, 6.07) is 4.59. The molecule has 1 N–H and O–H groups in total. The number of rotatable bonds is 6. The van der Waals surface area contributed by atoms with Gasteiger partial charge in [0.25, 0.3) is 0 Å². The van der Waals surface area contributed by atoms with Crippen molar-refractivity contribution in [2.75, 3.05) is 25.0 Å². The van der Waals surface area contributed by atoms with Crippen LogP contribution in [0.3, 0.4) is 0 Å². The molecule has 1 aromatic rings. The number of pyridine rings is 1. The normalized spacial score (nSPS) is 17.6. The van der Waals surface area contributed by atoms with Crippen LogP contribution in [-0.2, 0) is 0 Å². The molecule has 1 aromatic heterocycles. The van der Waals surface area contributed by atoms with Gasteiger partial charge in [-0.2, -0.15) is 0 Å². The summed E-state index contributed by atoms with van der Waals surface area (Å²) in [5.41, 5.74) is 1.31. The van der Waals surface area contributed by atoms with Crippen LogP contribution < -0.4 is 10.2 Å². The lowest BCUT2D eigenvalue weighted by atomic mass is 10.1. The van der Waals surface area contributed by atoms with E-state index in [1.807, 2.05) is 12.3 Å². The van der Waals surface area contributed by atoms with Crippen molar-refractivity contribution in [2.24, 2.45) is 5.92 Å². The monoisotopic (exact) mass is 261 g/mol. The number of hydrogen-bond acceptors (Lipinski definition) is 3. The van der Waals surface area contributed by atoms with E-state index in [4.69, 9.17) is 0 Å². The van der Waals surface area contributed by atoms with Crippen LogP contribution in [0.25, 0.3) is 0 Å². The maximum absolute atomic E-state index is 4.61. The van der Waals surface area contributed by atoms with E-state index >= 15 is 0 Å². The number of nitrogens with zero attached hydrogens (tertiary/aromatic N) is 2. The van der Waals surface area contributed by atoms with Crippen LogP contribution in [0.2, 0.25) is 0 Å². The largest absolute Gasteiger partial charge is 0.359 e. The third-order valence-electron chi connectivity index (χ3n) is 4.16. The quantitative estimate of drug-likeness (QED) is 0.851. The van der Waals surface area contributed by atoms with Gasteiger partial charge >= 0.3 is 0 Å². The van der Waals surface area contributed by atoms with Gasteiger partial charge in [-0.25, -0.2) is 4.98 Å². The van der Waals surface area contributed by atoms with Gasteiger partial charge in [0.05, 0.1) is 0 Å². The molecule has 0 amide bonds. The topological polar surface area (TPSA) is 28.2 Å². The Morgan fingerprint density at radius 1 is 1.42 bits per heavy atom. The molecular weight excluding hydrogens is 234 g/mol.